The van der Waals surface area contributed by atoms with Crippen LogP contribution < -0.4 is 0 Å². The molecule has 0 amide bonds. The summed E-state index contributed by atoms with van der Waals surface area (Å²) in [4.78, 5) is 19.1. The Morgan fingerprint density at radius 2 is 2.14 bits per heavy atom. The molecule has 0 aliphatic heterocycles. The zero-order valence-electron chi connectivity index (χ0n) is 13.7. The van der Waals surface area contributed by atoms with Crippen molar-refractivity contribution < 1.29 is 9.53 Å². The number of ether oxygens (including phenoxy) is 1. The lowest BCUT2D eigenvalue weighted by atomic mass is 9.91. The lowest BCUT2D eigenvalue weighted by Crippen LogP contribution is -2.14. The van der Waals surface area contributed by atoms with Crippen molar-refractivity contribution in [3.8, 4) is 0 Å². The summed E-state index contributed by atoms with van der Waals surface area (Å²) >= 11 is 0. The molecule has 0 radical (unpaired) electrons. The molecule has 4 nitrogen and oxygen atoms in total. The molecule has 0 bridgehead atoms. The number of nitrogens with zero attached hydrogens (tertiary/aromatic N) is 1. The number of nitrogens with one attached hydrogen (secondary N) is 1. The Balaban J connectivity index is 2.14. The smallest absolute Gasteiger partial charge is 0.308 e. The largest absolute Gasteiger partial charge is 0.461 e. The number of aromatic nitrogens is 2. The number of aromatic amines is 1. The van der Waals surface area contributed by atoms with Crippen LogP contribution in [0.25, 0.3) is 0 Å². The van der Waals surface area contributed by atoms with Gasteiger partial charge in [-0.2, -0.15) is 0 Å². The van der Waals surface area contributed by atoms with Crippen LogP contribution in [0.15, 0.2) is 30.7 Å². The van der Waals surface area contributed by atoms with Crippen molar-refractivity contribution in [2.75, 3.05) is 0 Å². The molecule has 22 heavy (non-hydrogen) atoms. The number of H-pyrrole nitrogens is 1. The third kappa shape index (κ3) is 3.56. The third-order valence-electron chi connectivity index (χ3n) is 4.32. The molecule has 1 aromatic heterocycles. The highest BCUT2D eigenvalue weighted by Gasteiger charge is 2.16. The highest BCUT2D eigenvalue weighted by molar-refractivity contribution is 5.71. The number of benzene rings is 1. The summed E-state index contributed by atoms with van der Waals surface area (Å²) < 4.78 is 5.43. The van der Waals surface area contributed by atoms with E-state index in [0.717, 1.165) is 17.7 Å². The lowest BCUT2D eigenvalue weighted by Gasteiger charge is -2.17. The maximum atomic E-state index is 11.8. The first kappa shape index (κ1) is 16.3. The molecule has 0 spiro atoms. The Bertz CT molecular complexity index is 620. The molecule has 0 aliphatic carbocycles. The average molecular weight is 300 g/mol. The van der Waals surface area contributed by atoms with E-state index >= 15 is 0 Å². The van der Waals surface area contributed by atoms with Crippen LogP contribution in [-0.4, -0.2) is 15.9 Å². The number of hydrogen-bond acceptors (Lipinski definition) is 3. The van der Waals surface area contributed by atoms with E-state index in [0.29, 0.717) is 6.61 Å². The van der Waals surface area contributed by atoms with Crippen LogP contribution in [0.4, 0.5) is 0 Å². The van der Waals surface area contributed by atoms with E-state index in [4.69, 9.17) is 4.74 Å². The van der Waals surface area contributed by atoms with Gasteiger partial charge >= 0.3 is 5.97 Å². The molecule has 4 heteroatoms. The Hall–Kier alpha value is -2.10. The molecule has 2 aromatic rings. The fourth-order valence-electron chi connectivity index (χ4n) is 2.46. The van der Waals surface area contributed by atoms with Crippen LogP contribution in [0, 0.1) is 12.8 Å². The van der Waals surface area contributed by atoms with E-state index in [9.17, 15) is 4.79 Å². The fourth-order valence-corrected chi connectivity index (χ4v) is 2.46. The van der Waals surface area contributed by atoms with E-state index in [1.165, 1.54) is 11.1 Å². The van der Waals surface area contributed by atoms with Gasteiger partial charge in [0.1, 0.15) is 6.61 Å². The molecule has 0 fully saturated rings. The minimum atomic E-state index is -0.131. The SMILES string of the molecule is CCC(C)C(=O)OCc1cccc([C@H](C)c2cnc[nH]2)c1C. The molecule has 0 aliphatic rings. The normalized spacial score (nSPS) is 13.6. The first-order chi connectivity index (χ1) is 10.5. The van der Waals surface area contributed by atoms with E-state index < -0.39 is 0 Å². The van der Waals surface area contributed by atoms with E-state index in [1.807, 2.05) is 32.2 Å². The zero-order chi connectivity index (χ0) is 16.1. The summed E-state index contributed by atoms with van der Waals surface area (Å²) in [5.41, 5.74) is 4.53. The van der Waals surface area contributed by atoms with Gasteiger partial charge in [0.2, 0.25) is 0 Å². The summed E-state index contributed by atoms with van der Waals surface area (Å²) in [6.07, 6.45) is 4.34. The third-order valence-corrected chi connectivity index (χ3v) is 4.32. The van der Waals surface area contributed by atoms with Gasteiger partial charge in [0.25, 0.3) is 0 Å². The van der Waals surface area contributed by atoms with Crippen molar-refractivity contribution in [3.63, 3.8) is 0 Å². The molecule has 1 unspecified atom stereocenters. The second-order valence-electron chi connectivity index (χ2n) is 5.78. The molecular weight excluding hydrogens is 276 g/mol. The van der Waals surface area contributed by atoms with Gasteiger partial charge in [-0.05, 0) is 30.0 Å². The predicted octanol–water partition coefficient (Wildman–Crippen LogP) is 3.96. The van der Waals surface area contributed by atoms with Gasteiger partial charge in [-0.3, -0.25) is 4.79 Å². The summed E-state index contributed by atoms with van der Waals surface area (Å²) in [7, 11) is 0. The minimum absolute atomic E-state index is 0.0487. The number of hydrogen-bond donors (Lipinski definition) is 1. The molecule has 2 rings (SSSR count). The first-order valence-corrected chi connectivity index (χ1v) is 7.77. The lowest BCUT2D eigenvalue weighted by molar-refractivity contribution is -0.149. The molecule has 1 aromatic carbocycles. The Kier molecular flexibility index (Phi) is 5.36. The summed E-state index contributed by atoms with van der Waals surface area (Å²) in [5.74, 6) is 0.0500. The Morgan fingerprint density at radius 1 is 1.36 bits per heavy atom. The van der Waals surface area contributed by atoms with E-state index in [2.05, 4.69) is 29.9 Å². The number of esters is 1. The Labute approximate surface area is 131 Å². The summed E-state index contributed by atoms with van der Waals surface area (Å²) in [6.45, 7) is 8.44. The van der Waals surface area contributed by atoms with Crippen LogP contribution in [0.1, 0.15) is 55.5 Å². The summed E-state index contributed by atoms with van der Waals surface area (Å²) in [6, 6.07) is 6.14. The predicted molar refractivity (Wildman–Crippen MR) is 86.5 cm³/mol. The average Bonchev–Trinajstić information content (AvgIpc) is 3.06. The maximum absolute atomic E-state index is 11.8. The van der Waals surface area contributed by atoms with Crippen LogP contribution in [0.2, 0.25) is 0 Å². The second-order valence-corrected chi connectivity index (χ2v) is 5.78. The van der Waals surface area contributed by atoms with Crippen molar-refractivity contribution in [1.29, 1.82) is 0 Å². The van der Waals surface area contributed by atoms with Gasteiger partial charge < -0.3 is 9.72 Å². The molecule has 2 atom stereocenters. The number of rotatable bonds is 6. The first-order valence-electron chi connectivity index (χ1n) is 7.77. The maximum Gasteiger partial charge on any atom is 0.308 e. The zero-order valence-corrected chi connectivity index (χ0v) is 13.7. The Morgan fingerprint density at radius 3 is 2.77 bits per heavy atom. The van der Waals surface area contributed by atoms with Crippen molar-refractivity contribution in [2.24, 2.45) is 5.92 Å². The van der Waals surface area contributed by atoms with Crippen LogP contribution >= 0.6 is 0 Å². The van der Waals surface area contributed by atoms with Gasteiger partial charge in [0.15, 0.2) is 0 Å². The van der Waals surface area contributed by atoms with Crippen molar-refractivity contribution in [2.45, 2.75) is 46.6 Å². The number of imidazole rings is 1. The van der Waals surface area contributed by atoms with E-state index in [1.54, 1.807) is 6.33 Å². The van der Waals surface area contributed by atoms with E-state index in [-0.39, 0.29) is 17.8 Å². The van der Waals surface area contributed by atoms with Gasteiger partial charge in [0, 0.05) is 17.8 Å². The topological polar surface area (TPSA) is 55.0 Å². The molecular formula is C18H24N2O2. The molecule has 0 saturated heterocycles. The van der Waals surface area contributed by atoms with Crippen LogP contribution in [0.3, 0.4) is 0 Å². The molecule has 0 saturated carbocycles. The molecule has 1 heterocycles. The monoisotopic (exact) mass is 300 g/mol. The molecule has 1 N–H and O–H groups in total. The van der Waals surface area contributed by atoms with Crippen molar-refractivity contribution >= 4 is 5.97 Å². The minimum Gasteiger partial charge on any atom is -0.461 e. The molecule has 118 valence electrons. The van der Waals surface area contributed by atoms with Crippen molar-refractivity contribution in [3.05, 3.63) is 53.1 Å². The number of carbonyl (C=O) groups is 1. The van der Waals surface area contributed by atoms with Crippen LogP contribution in [-0.2, 0) is 16.1 Å². The number of carbonyl (C=O) groups excluding carboxylic acids is 1. The van der Waals surface area contributed by atoms with Crippen molar-refractivity contribution in [1.82, 2.24) is 9.97 Å². The van der Waals surface area contributed by atoms with Crippen LogP contribution in [0.5, 0.6) is 0 Å². The van der Waals surface area contributed by atoms with Gasteiger partial charge in [0.05, 0.1) is 12.2 Å². The fraction of sp³-hybridized carbons (Fsp3) is 0.444. The van der Waals surface area contributed by atoms with Gasteiger partial charge in [-0.15, -0.1) is 0 Å². The standard InChI is InChI=1S/C18H24N2O2/c1-5-12(2)18(21)22-10-15-7-6-8-16(13(15)3)14(4)17-9-19-11-20-17/h6-9,11-12,14H,5,10H2,1-4H3,(H,19,20)/t12?,14-/m0/s1. The van der Waals surface area contributed by atoms with Gasteiger partial charge in [-0.1, -0.05) is 39.0 Å². The highest BCUT2D eigenvalue weighted by Crippen LogP contribution is 2.27. The highest BCUT2D eigenvalue weighted by atomic mass is 16.5. The van der Waals surface area contributed by atoms with Gasteiger partial charge in [-0.25, -0.2) is 4.98 Å². The second kappa shape index (κ2) is 7.25. The summed E-state index contributed by atoms with van der Waals surface area (Å²) in [5, 5.41) is 0. The quantitative estimate of drug-likeness (QED) is 0.822.